The molecule has 0 fully saturated rings. The van der Waals surface area contributed by atoms with E-state index in [1.165, 1.54) is 49.8 Å². The van der Waals surface area contributed by atoms with E-state index in [9.17, 15) is 23.1 Å². The Morgan fingerprint density at radius 1 is 0.965 bits per heavy atom. The zero-order chi connectivity index (χ0) is 41.2. The lowest BCUT2D eigenvalue weighted by molar-refractivity contribution is -0.138. The summed E-state index contributed by atoms with van der Waals surface area (Å²) >= 11 is -0.175. The molecular weight excluding hydrogens is 806 g/mol. The maximum Gasteiger partial charge on any atom is 0.320 e. The minimum Gasteiger partial charge on any atom is -0.616 e. The van der Waals surface area contributed by atoms with Crippen LogP contribution >= 0.6 is 25.3 Å². The van der Waals surface area contributed by atoms with Crippen molar-refractivity contribution < 1.29 is 42.8 Å². The first kappa shape index (κ1) is 50.0. The number of rotatable bonds is 18. The van der Waals surface area contributed by atoms with E-state index in [-0.39, 0.29) is 31.0 Å². The molecule has 3 unspecified atom stereocenters. The SMILES string of the molecule is CC1=C(CC(=O)O)c2cc(F)ccc2/C1=C\c1ccc([S+](C)[O-])cc1.CCCCCCCC[S+]([O-])C(C)Cc1ccc2c(c1)OCO2.CSCC[C@H](N)C(=O)O.S. The number of carboxylic acid groups (broad SMARTS) is 2. The third-order valence-electron chi connectivity index (χ3n) is 9.36. The highest BCUT2D eigenvalue weighted by Gasteiger charge is 2.26. The smallest absolute Gasteiger partial charge is 0.320 e. The van der Waals surface area contributed by atoms with Crippen molar-refractivity contribution in [2.45, 2.75) is 94.7 Å². The molecule has 2 aliphatic rings. The average molecular weight is 864 g/mol. The molecular formula is C43H58FNO8S4. The summed E-state index contributed by atoms with van der Waals surface area (Å²) in [4.78, 5) is 22.0. The maximum absolute atomic E-state index is 13.7. The molecule has 9 nitrogen and oxygen atoms in total. The van der Waals surface area contributed by atoms with Gasteiger partial charge < -0.3 is 34.5 Å². The summed E-state index contributed by atoms with van der Waals surface area (Å²) in [5, 5.41) is 17.6. The highest BCUT2D eigenvalue weighted by atomic mass is 32.2. The summed E-state index contributed by atoms with van der Waals surface area (Å²) in [6.45, 7) is 6.47. The molecule has 5 rings (SSSR count). The van der Waals surface area contributed by atoms with E-state index in [4.69, 9.17) is 25.4 Å². The Hall–Kier alpha value is -3.11. The van der Waals surface area contributed by atoms with Crippen LogP contribution in [0, 0.1) is 5.82 Å². The van der Waals surface area contributed by atoms with Crippen LogP contribution in [0.5, 0.6) is 11.5 Å². The molecule has 0 saturated heterocycles. The predicted molar refractivity (Wildman–Crippen MR) is 239 cm³/mol. The number of allylic oxidation sites excluding steroid dienone is 2. The Morgan fingerprint density at radius 2 is 1.63 bits per heavy atom. The highest BCUT2D eigenvalue weighted by molar-refractivity contribution is 7.98. The van der Waals surface area contributed by atoms with Gasteiger partial charge in [-0.1, -0.05) is 55.9 Å². The molecule has 1 aliphatic heterocycles. The van der Waals surface area contributed by atoms with Gasteiger partial charge >= 0.3 is 11.9 Å². The fraction of sp³-hybridized carbons (Fsp3) is 0.442. The van der Waals surface area contributed by atoms with E-state index in [1.807, 2.05) is 49.6 Å². The van der Waals surface area contributed by atoms with Gasteiger partial charge in [-0.15, -0.1) is 0 Å². The lowest BCUT2D eigenvalue weighted by Crippen LogP contribution is -2.30. The summed E-state index contributed by atoms with van der Waals surface area (Å²) in [5.74, 6) is 1.02. The second-order valence-electron chi connectivity index (χ2n) is 13.7. The maximum atomic E-state index is 13.7. The number of aliphatic carboxylic acids is 2. The van der Waals surface area contributed by atoms with Gasteiger partial charge in [-0.2, -0.15) is 25.3 Å². The number of thioether (sulfide) groups is 1. The quantitative estimate of drug-likeness (QED) is 0.0830. The molecule has 4 N–H and O–H groups in total. The van der Waals surface area contributed by atoms with Crippen LogP contribution in [0.1, 0.15) is 94.4 Å². The number of carbonyl (C=O) groups is 2. The minimum atomic E-state index is -1.04. The highest BCUT2D eigenvalue weighted by Crippen LogP contribution is 2.44. The van der Waals surface area contributed by atoms with Crippen molar-refractivity contribution in [1.29, 1.82) is 0 Å². The standard InChI is InChI=1S/C20H17FO3S.C18H28O3S.C5H11NO2S.H2S/c1-12-17(9-13-3-6-15(7-4-13)25(2)24)16-8-5-14(21)10-19(16)18(12)11-20(22)23;1-3-4-5-6-7-8-11-22(19)15(2)12-16-9-10-17-18(13-16)21-14-20-17;1-9-3-2-4(6)5(7)8;/h3-10H,11H2,1-2H3,(H,22,23);9-10,13,15H,3-8,11-12,14H2,1-2H3;4H,2-3,6H2,1H3,(H,7,8);1H2/b17-9-;;;/t;;4-;/m..0./s1. The number of hydrogen-bond donors (Lipinski definition) is 3. The van der Waals surface area contributed by atoms with Crippen LogP contribution in [0.2, 0.25) is 0 Å². The van der Waals surface area contributed by atoms with E-state index >= 15 is 0 Å². The van der Waals surface area contributed by atoms with Gasteiger partial charge in [-0.05, 0) is 150 Å². The van der Waals surface area contributed by atoms with Gasteiger partial charge in [0.1, 0.15) is 29.1 Å². The first-order valence-electron chi connectivity index (χ1n) is 18.9. The number of hydrogen-bond acceptors (Lipinski definition) is 8. The van der Waals surface area contributed by atoms with Crippen LogP contribution in [0.25, 0.3) is 17.2 Å². The van der Waals surface area contributed by atoms with Crippen LogP contribution in [0.4, 0.5) is 4.39 Å². The lowest BCUT2D eigenvalue weighted by Gasteiger charge is -2.18. The number of halogens is 1. The molecule has 3 aromatic carbocycles. The molecule has 14 heteroatoms. The number of benzene rings is 3. The first-order valence-corrected chi connectivity index (χ1v) is 23.2. The third-order valence-corrected chi connectivity index (χ3v) is 12.7. The Kier molecular flexibility index (Phi) is 22.9. The van der Waals surface area contributed by atoms with Crippen molar-refractivity contribution in [2.75, 3.05) is 30.8 Å². The van der Waals surface area contributed by atoms with Gasteiger partial charge in [-0.25, -0.2) is 4.39 Å². The van der Waals surface area contributed by atoms with Gasteiger partial charge in [0.15, 0.2) is 16.4 Å². The topological polar surface area (TPSA) is 165 Å². The van der Waals surface area contributed by atoms with Crippen LogP contribution in [-0.2, 0) is 38.4 Å². The Morgan fingerprint density at radius 3 is 2.26 bits per heavy atom. The van der Waals surface area contributed by atoms with Crippen molar-refractivity contribution in [3.8, 4) is 11.5 Å². The van der Waals surface area contributed by atoms with Crippen LogP contribution < -0.4 is 15.2 Å². The Bertz CT molecular complexity index is 1790. The number of nitrogens with two attached hydrogens (primary N) is 1. The van der Waals surface area contributed by atoms with Crippen LogP contribution in [0.15, 0.2) is 71.1 Å². The molecule has 314 valence electrons. The molecule has 1 aliphatic carbocycles. The molecule has 0 saturated carbocycles. The molecule has 0 amide bonds. The van der Waals surface area contributed by atoms with Crippen molar-refractivity contribution in [3.05, 3.63) is 94.3 Å². The van der Waals surface area contributed by atoms with Gasteiger partial charge in [-0.3, -0.25) is 9.59 Å². The van der Waals surface area contributed by atoms with E-state index in [0.29, 0.717) is 24.4 Å². The van der Waals surface area contributed by atoms with Gasteiger partial charge in [0, 0.05) is 6.42 Å². The molecule has 3 aromatic rings. The molecule has 0 bridgehead atoms. The second kappa shape index (κ2) is 26.1. The molecule has 0 spiro atoms. The normalized spacial score (nSPS) is 15.3. The van der Waals surface area contributed by atoms with Crippen molar-refractivity contribution in [3.63, 3.8) is 0 Å². The largest absolute Gasteiger partial charge is 0.616 e. The third kappa shape index (κ3) is 16.6. The number of fused-ring (bicyclic) bond motifs is 2. The van der Waals surface area contributed by atoms with Gasteiger partial charge in [0.05, 0.1) is 6.42 Å². The molecule has 57 heavy (non-hydrogen) atoms. The Labute approximate surface area is 354 Å². The van der Waals surface area contributed by atoms with Crippen LogP contribution in [0.3, 0.4) is 0 Å². The summed E-state index contributed by atoms with van der Waals surface area (Å²) in [5.41, 5.74) is 11.1. The summed E-state index contributed by atoms with van der Waals surface area (Å²) in [6, 6.07) is 17.1. The Balaban J connectivity index is 0.000000322. The molecule has 0 radical (unpaired) electrons. The van der Waals surface area contributed by atoms with Gasteiger partial charge in [0.25, 0.3) is 0 Å². The monoisotopic (exact) mass is 863 g/mol. The van der Waals surface area contributed by atoms with E-state index < -0.39 is 40.3 Å². The van der Waals surface area contributed by atoms with Crippen molar-refractivity contribution >= 4 is 76.8 Å². The van der Waals surface area contributed by atoms with E-state index in [0.717, 1.165) is 63.0 Å². The second-order valence-corrected chi connectivity index (χ2v) is 18.1. The van der Waals surface area contributed by atoms with Gasteiger partial charge in [0.2, 0.25) is 6.79 Å². The fourth-order valence-electron chi connectivity index (χ4n) is 6.14. The minimum absolute atomic E-state index is 0. The van der Waals surface area contributed by atoms with E-state index in [1.54, 1.807) is 36.2 Å². The van der Waals surface area contributed by atoms with Crippen molar-refractivity contribution in [1.82, 2.24) is 0 Å². The summed E-state index contributed by atoms with van der Waals surface area (Å²) < 4.78 is 48.2. The zero-order valence-corrected chi connectivity index (χ0v) is 37.0. The summed E-state index contributed by atoms with van der Waals surface area (Å²) in [6.07, 6.45) is 14.2. The fourth-order valence-corrected chi connectivity index (χ4v) is 8.42. The van der Waals surface area contributed by atoms with Crippen molar-refractivity contribution in [2.24, 2.45) is 5.73 Å². The predicted octanol–water partition coefficient (Wildman–Crippen LogP) is 9.09. The zero-order valence-electron chi connectivity index (χ0n) is 33.5. The lowest BCUT2D eigenvalue weighted by atomic mass is 10.0. The average Bonchev–Trinajstić information content (AvgIpc) is 3.73. The number of ether oxygens (including phenoxy) is 2. The summed E-state index contributed by atoms with van der Waals surface area (Å²) in [7, 11) is 0. The molecule has 1 heterocycles. The van der Waals surface area contributed by atoms with E-state index in [2.05, 4.69) is 13.8 Å². The molecule has 4 atom stereocenters. The molecule has 0 aromatic heterocycles. The number of carboxylic acids is 2. The number of unbranched alkanes of at least 4 members (excludes halogenated alkanes) is 5. The van der Waals surface area contributed by atoms with Crippen LogP contribution in [-0.4, -0.2) is 73.4 Å². The first-order chi connectivity index (χ1) is 26.7.